The maximum atomic E-state index is 5.12. The number of aromatic amines is 1. The average molecular weight is 194 g/mol. The third-order valence-electron chi connectivity index (χ3n) is 1.77. The molecule has 0 spiro atoms. The third kappa shape index (κ3) is 1.84. The molecule has 0 aliphatic rings. The largest absolute Gasteiger partial charge is 0.363 e. The molecule has 2 rings (SSSR count). The summed E-state index contributed by atoms with van der Waals surface area (Å²) in [5, 5.41) is 0. The Morgan fingerprint density at radius 3 is 3.00 bits per heavy atom. The molecule has 13 heavy (non-hydrogen) atoms. The van der Waals surface area contributed by atoms with E-state index in [-0.39, 0.29) is 0 Å². The molecule has 0 fully saturated rings. The number of imidazole rings is 1. The lowest BCUT2D eigenvalue weighted by atomic mass is 10.3. The summed E-state index contributed by atoms with van der Waals surface area (Å²) >= 11 is 3.95. The second-order valence-electron chi connectivity index (χ2n) is 2.68. The summed E-state index contributed by atoms with van der Waals surface area (Å²) in [6.07, 6.45) is 0. The van der Waals surface area contributed by atoms with Crippen molar-refractivity contribution in [2.45, 2.75) is 6.61 Å². The zero-order valence-corrected chi connectivity index (χ0v) is 7.92. The lowest BCUT2D eigenvalue weighted by molar-refractivity contribution is 0.164. The maximum Gasteiger partial charge on any atom is 0.133 e. The van der Waals surface area contributed by atoms with Gasteiger partial charge >= 0.3 is 0 Å². The molecule has 0 aliphatic heterocycles. The molecule has 68 valence electrons. The van der Waals surface area contributed by atoms with Crippen molar-refractivity contribution in [3.8, 4) is 0 Å². The van der Waals surface area contributed by atoms with Gasteiger partial charge in [-0.25, -0.2) is 4.98 Å². The number of aromatic nitrogens is 2. The van der Waals surface area contributed by atoms with Crippen LogP contribution in [-0.2, 0) is 11.3 Å². The zero-order valence-electron chi connectivity index (χ0n) is 7.03. The molecule has 0 radical (unpaired) electrons. The maximum absolute atomic E-state index is 5.12. The lowest BCUT2D eigenvalue weighted by Crippen LogP contribution is -1.91. The minimum Gasteiger partial charge on any atom is -0.363 e. The summed E-state index contributed by atoms with van der Waals surface area (Å²) < 4.78 is 5.12. The van der Waals surface area contributed by atoms with E-state index in [1.54, 1.807) is 0 Å². The van der Waals surface area contributed by atoms with E-state index in [1.165, 1.54) is 0 Å². The number of nitrogens with zero attached hydrogens (tertiary/aromatic N) is 1. The zero-order chi connectivity index (χ0) is 9.10. The Hall–Kier alpha value is -1.00. The smallest absolute Gasteiger partial charge is 0.133 e. The molecule has 0 saturated heterocycles. The van der Waals surface area contributed by atoms with Crippen LogP contribution in [0.3, 0.4) is 0 Å². The predicted molar refractivity (Wildman–Crippen MR) is 54.7 cm³/mol. The summed E-state index contributed by atoms with van der Waals surface area (Å²) in [6, 6.07) is 7.90. The van der Waals surface area contributed by atoms with E-state index in [2.05, 4.69) is 22.6 Å². The summed E-state index contributed by atoms with van der Waals surface area (Å²) in [5.74, 6) is 1.26. The van der Waals surface area contributed by atoms with E-state index in [0.29, 0.717) is 12.5 Å². The number of hydrogen-bond donors (Lipinski definition) is 2. The third-order valence-corrected chi connectivity index (χ3v) is 1.95. The fourth-order valence-corrected chi connectivity index (χ4v) is 1.31. The number of hydrogen-bond acceptors (Lipinski definition) is 3. The van der Waals surface area contributed by atoms with Gasteiger partial charge in [-0.05, 0) is 12.1 Å². The first kappa shape index (κ1) is 8.59. The van der Waals surface area contributed by atoms with Crippen molar-refractivity contribution in [1.82, 2.24) is 9.97 Å². The number of para-hydroxylation sites is 2. The van der Waals surface area contributed by atoms with Gasteiger partial charge in [-0.2, -0.15) is 12.6 Å². The molecule has 0 atom stereocenters. The van der Waals surface area contributed by atoms with Crippen molar-refractivity contribution in [2.75, 3.05) is 5.94 Å². The van der Waals surface area contributed by atoms with Crippen molar-refractivity contribution >= 4 is 23.7 Å². The predicted octanol–water partition coefficient (Wildman–Crippen LogP) is 1.97. The van der Waals surface area contributed by atoms with Gasteiger partial charge in [0.2, 0.25) is 0 Å². The molecule has 0 aliphatic carbocycles. The molecule has 3 nitrogen and oxygen atoms in total. The first-order valence-electron chi connectivity index (χ1n) is 4.02. The second kappa shape index (κ2) is 3.81. The van der Waals surface area contributed by atoms with Crippen molar-refractivity contribution in [2.24, 2.45) is 0 Å². The van der Waals surface area contributed by atoms with Gasteiger partial charge in [0.05, 0.1) is 17.0 Å². The standard InChI is InChI=1S/C9H10N2OS/c13-6-12-5-9-10-7-3-1-2-4-8(7)11-9/h1-4,13H,5-6H2,(H,10,11). The van der Waals surface area contributed by atoms with Crippen molar-refractivity contribution in [3.05, 3.63) is 30.1 Å². The van der Waals surface area contributed by atoms with Crippen LogP contribution in [-0.4, -0.2) is 15.9 Å². The molecule has 1 N–H and O–H groups in total. The number of thiol groups is 1. The van der Waals surface area contributed by atoms with Crippen molar-refractivity contribution < 1.29 is 4.74 Å². The molecule has 1 aromatic heterocycles. The first-order chi connectivity index (χ1) is 6.40. The normalized spacial score (nSPS) is 10.8. The fourth-order valence-electron chi connectivity index (χ4n) is 1.22. The van der Waals surface area contributed by atoms with Crippen LogP contribution in [0.1, 0.15) is 5.82 Å². The van der Waals surface area contributed by atoms with Crippen LogP contribution in [0.4, 0.5) is 0 Å². The Morgan fingerprint density at radius 2 is 2.23 bits per heavy atom. The number of H-pyrrole nitrogens is 1. The molecule has 2 aromatic rings. The van der Waals surface area contributed by atoms with Gasteiger partial charge in [0, 0.05) is 0 Å². The van der Waals surface area contributed by atoms with Crippen LogP contribution in [0.15, 0.2) is 24.3 Å². The molecule has 4 heteroatoms. The van der Waals surface area contributed by atoms with E-state index >= 15 is 0 Å². The molecule has 1 heterocycles. The fraction of sp³-hybridized carbons (Fsp3) is 0.222. The number of nitrogens with one attached hydrogen (secondary N) is 1. The number of rotatable bonds is 3. The van der Waals surface area contributed by atoms with Crippen LogP contribution < -0.4 is 0 Å². The number of benzene rings is 1. The monoisotopic (exact) mass is 194 g/mol. The number of ether oxygens (including phenoxy) is 1. The SMILES string of the molecule is SCOCc1nc2ccccc2[nH]1. The Balaban J connectivity index is 2.28. The molecule has 0 saturated carbocycles. The highest BCUT2D eigenvalue weighted by molar-refractivity contribution is 7.80. The van der Waals surface area contributed by atoms with E-state index in [0.717, 1.165) is 16.9 Å². The van der Waals surface area contributed by atoms with E-state index < -0.39 is 0 Å². The Labute approximate surface area is 81.5 Å². The summed E-state index contributed by atoms with van der Waals surface area (Å²) in [6.45, 7) is 0.484. The highest BCUT2D eigenvalue weighted by atomic mass is 32.1. The van der Waals surface area contributed by atoms with Crippen LogP contribution in [0, 0.1) is 0 Å². The molecular weight excluding hydrogens is 184 g/mol. The Morgan fingerprint density at radius 1 is 1.38 bits per heavy atom. The second-order valence-corrected chi connectivity index (χ2v) is 2.94. The Kier molecular flexibility index (Phi) is 2.52. The summed E-state index contributed by atoms with van der Waals surface area (Å²) in [4.78, 5) is 7.50. The van der Waals surface area contributed by atoms with Gasteiger partial charge < -0.3 is 9.72 Å². The minimum atomic E-state index is 0.414. The quantitative estimate of drug-likeness (QED) is 0.579. The summed E-state index contributed by atoms with van der Waals surface area (Å²) in [5.41, 5.74) is 2.01. The van der Waals surface area contributed by atoms with Crippen LogP contribution in [0.5, 0.6) is 0 Å². The molecule has 0 bridgehead atoms. The van der Waals surface area contributed by atoms with Gasteiger partial charge in [-0.3, -0.25) is 0 Å². The van der Waals surface area contributed by atoms with E-state index in [1.807, 2.05) is 24.3 Å². The average Bonchev–Trinajstić information content (AvgIpc) is 2.57. The van der Waals surface area contributed by atoms with Crippen molar-refractivity contribution in [3.63, 3.8) is 0 Å². The van der Waals surface area contributed by atoms with Gasteiger partial charge in [-0.1, -0.05) is 12.1 Å². The molecule has 1 aromatic carbocycles. The molecular formula is C9H10N2OS. The van der Waals surface area contributed by atoms with Crippen LogP contribution in [0.2, 0.25) is 0 Å². The first-order valence-corrected chi connectivity index (χ1v) is 4.65. The van der Waals surface area contributed by atoms with Crippen molar-refractivity contribution in [1.29, 1.82) is 0 Å². The van der Waals surface area contributed by atoms with E-state index in [9.17, 15) is 0 Å². The Bertz CT molecular complexity index is 366. The highest BCUT2D eigenvalue weighted by Crippen LogP contribution is 2.10. The van der Waals surface area contributed by atoms with Crippen LogP contribution >= 0.6 is 12.6 Å². The van der Waals surface area contributed by atoms with Gasteiger partial charge in [0.1, 0.15) is 12.4 Å². The topological polar surface area (TPSA) is 37.9 Å². The van der Waals surface area contributed by atoms with Gasteiger partial charge in [0.25, 0.3) is 0 Å². The molecule has 0 unspecified atom stereocenters. The lowest BCUT2D eigenvalue weighted by Gasteiger charge is -1.93. The van der Waals surface area contributed by atoms with Gasteiger partial charge in [-0.15, -0.1) is 0 Å². The van der Waals surface area contributed by atoms with Crippen LogP contribution in [0.25, 0.3) is 11.0 Å². The number of fused-ring (bicyclic) bond motifs is 1. The highest BCUT2D eigenvalue weighted by Gasteiger charge is 2.00. The van der Waals surface area contributed by atoms with Gasteiger partial charge in [0.15, 0.2) is 0 Å². The summed E-state index contributed by atoms with van der Waals surface area (Å²) in [7, 11) is 0. The minimum absolute atomic E-state index is 0.414. The molecule has 0 amide bonds. The van der Waals surface area contributed by atoms with E-state index in [4.69, 9.17) is 4.74 Å².